The highest BCUT2D eigenvalue weighted by Gasteiger charge is 2.36. The number of benzene rings is 2. The largest absolute Gasteiger partial charge is 0.493 e. The van der Waals surface area contributed by atoms with Crippen molar-refractivity contribution in [3.63, 3.8) is 0 Å². The number of halogens is 1. The number of ether oxygens (including phenoxy) is 3. The lowest BCUT2D eigenvalue weighted by Crippen LogP contribution is -2.43. The van der Waals surface area contributed by atoms with Crippen molar-refractivity contribution < 1.29 is 24.1 Å². The van der Waals surface area contributed by atoms with Crippen molar-refractivity contribution in [2.24, 2.45) is 10.5 Å². The molecule has 0 fully saturated rings. The van der Waals surface area contributed by atoms with Crippen LogP contribution in [0.5, 0.6) is 11.5 Å². The van der Waals surface area contributed by atoms with Gasteiger partial charge in [-0.25, -0.2) is 5.53 Å². The van der Waals surface area contributed by atoms with Crippen LogP contribution in [-0.2, 0) is 16.0 Å². The minimum absolute atomic E-state index is 0.0459. The molecule has 1 aromatic heterocycles. The number of hydrogen-bond donors (Lipinski definition) is 3. The number of para-hydroxylation sites is 1. The minimum atomic E-state index is -0.974. The van der Waals surface area contributed by atoms with Crippen LogP contribution in [0.2, 0.25) is 5.02 Å². The van der Waals surface area contributed by atoms with Crippen LogP contribution in [0.3, 0.4) is 0 Å². The molecule has 218 valence electrons. The summed E-state index contributed by atoms with van der Waals surface area (Å²) < 4.78 is 20.4. The quantitative estimate of drug-likeness (QED) is 0.336. The van der Waals surface area contributed by atoms with Gasteiger partial charge in [0.05, 0.1) is 19.9 Å². The molecule has 2 aliphatic rings. The van der Waals surface area contributed by atoms with Gasteiger partial charge in [-0.3, -0.25) is 14.8 Å². The zero-order valence-electron chi connectivity index (χ0n) is 23.6. The van der Waals surface area contributed by atoms with Gasteiger partial charge in [-0.15, -0.1) is 20.4 Å². The number of aromatic nitrogens is 3. The van der Waals surface area contributed by atoms with Crippen LogP contribution in [0.1, 0.15) is 68.6 Å². The Bertz CT molecular complexity index is 1470. The molecule has 12 nitrogen and oxygen atoms in total. The maximum atomic E-state index is 11.1. The van der Waals surface area contributed by atoms with E-state index >= 15 is 0 Å². The van der Waals surface area contributed by atoms with E-state index in [1.165, 1.54) is 0 Å². The summed E-state index contributed by atoms with van der Waals surface area (Å²) in [4.78, 5) is 11.1. The van der Waals surface area contributed by atoms with Gasteiger partial charge in [-0.1, -0.05) is 44.5 Å². The Hall–Kier alpha value is -3.87. The van der Waals surface area contributed by atoms with E-state index in [1.54, 1.807) is 19.3 Å². The van der Waals surface area contributed by atoms with E-state index in [1.807, 2.05) is 36.4 Å². The van der Waals surface area contributed by atoms with Gasteiger partial charge in [0.1, 0.15) is 24.5 Å². The van der Waals surface area contributed by atoms with Crippen molar-refractivity contribution in [1.82, 2.24) is 30.8 Å². The van der Waals surface area contributed by atoms with Gasteiger partial charge in [-0.2, -0.15) is 0 Å². The Morgan fingerprint density at radius 3 is 2.66 bits per heavy atom. The topological polar surface area (TPSA) is 135 Å². The van der Waals surface area contributed by atoms with E-state index in [2.05, 4.69) is 51.6 Å². The van der Waals surface area contributed by atoms with Crippen molar-refractivity contribution in [3.05, 3.63) is 64.2 Å². The second-order valence-corrected chi connectivity index (χ2v) is 11.6. The van der Waals surface area contributed by atoms with Crippen LogP contribution < -0.4 is 20.4 Å². The number of nitrogens with zero attached hydrogens (tertiary/aromatic N) is 5. The Morgan fingerprint density at radius 2 is 1.95 bits per heavy atom. The van der Waals surface area contributed by atoms with Crippen LogP contribution in [0.15, 0.2) is 41.5 Å². The first kappa shape index (κ1) is 28.7. The number of hydrazone groups is 1. The van der Waals surface area contributed by atoms with E-state index in [0.717, 1.165) is 22.6 Å². The van der Waals surface area contributed by atoms with Gasteiger partial charge in [-0.05, 0) is 36.1 Å². The lowest BCUT2D eigenvalue weighted by molar-refractivity contribution is -0.135. The molecule has 0 amide bonds. The van der Waals surface area contributed by atoms with Crippen LogP contribution in [-0.4, -0.2) is 57.6 Å². The van der Waals surface area contributed by atoms with Crippen molar-refractivity contribution in [1.29, 1.82) is 0 Å². The second-order valence-electron chi connectivity index (χ2n) is 11.1. The van der Waals surface area contributed by atoms with Gasteiger partial charge in [0.25, 0.3) is 0 Å². The summed E-state index contributed by atoms with van der Waals surface area (Å²) in [6.07, 6.45) is -0.170. The first-order valence-corrected chi connectivity index (χ1v) is 13.6. The minimum Gasteiger partial charge on any atom is -0.493 e. The summed E-state index contributed by atoms with van der Waals surface area (Å²) in [6.45, 7) is 6.89. The molecule has 0 unspecified atom stereocenters. The van der Waals surface area contributed by atoms with Crippen molar-refractivity contribution >= 4 is 23.4 Å². The van der Waals surface area contributed by atoms with Crippen LogP contribution in [0.4, 0.5) is 0 Å². The van der Waals surface area contributed by atoms with Crippen LogP contribution in [0, 0.1) is 5.41 Å². The number of hydrogen-bond acceptors (Lipinski definition) is 10. The van der Waals surface area contributed by atoms with E-state index < -0.39 is 18.2 Å². The van der Waals surface area contributed by atoms with Gasteiger partial charge in [0, 0.05) is 29.1 Å². The molecular formula is C28H34ClN7O5. The predicted octanol–water partition coefficient (Wildman–Crippen LogP) is 4.19. The third-order valence-electron chi connectivity index (χ3n) is 6.76. The number of carboxylic acid groups (broad SMARTS) is 1. The third-order valence-corrected chi connectivity index (χ3v) is 7.00. The summed E-state index contributed by atoms with van der Waals surface area (Å²) in [7, 11) is 3.20. The highest BCUT2D eigenvalue weighted by molar-refractivity contribution is 6.30. The monoisotopic (exact) mass is 583 g/mol. The first-order valence-electron chi connectivity index (χ1n) is 13.3. The fourth-order valence-electron chi connectivity index (χ4n) is 5.09. The Morgan fingerprint density at radius 1 is 1.15 bits per heavy atom. The summed E-state index contributed by atoms with van der Waals surface area (Å²) in [5.74, 6) is 1.95. The Labute approximate surface area is 243 Å². The summed E-state index contributed by atoms with van der Waals surface area (Å²) in [5.41, 5.74) is 8.24. The fourth-order valence-corrected chi connectivity index (χ4v) is 5.27. The number of carboxylic acids is 1. The molecule has 0 radical (unpaired) electrons. The number of fused-ring (bicyclic) bond motifs is 3. The van der Waals surface area contributed by atoms with Gasteiger partial charge in [0.15, 0.2) is 23.2 Å². The average molecular weight is 584 g/mol. The van der Waals surface area contributed by atoms with Crippen molar-refractivity contribution in [2.45, 2.75) is 52.2 Å². The third kappa shape index (κ3) is 6.09. The lowest BCUT2D eigenvalue weighted by Gasteiger charge is -2.26. The molecule has 13 heteroatoms. The number of aliphatic carboxylic acids is 1. The smallest absolute Gasteiger partial charge is 0.311 e. The van der Waals surface area contributed by atoms with Gasteiger partial charge >= 0.3 is 5.97 Å². The van der Waals surface area contributed by atoms with Crippen LogP contribution >= 0.6 is 11.6 Å². The van der Waals surface area contributed by atoms with Crippen molar-refractivity contribution in [2.75, 3.05) is 20.8 Å². The van der Waals surface area contributed by atoms with E-state index in [0.29, 0.717) is 47.6 Å². The molecule has 3 N–H and O–H groups in total. The number of rotatable bonds is 9. The lowest BCUT2D eigenvalue weighted by atomic mass is 9.91. The van der Waals surface area contributed by atoms with E-state index in [4.69, 9.17) is 30.9 Å². The highest BCUT2D eigenvalue weighted by atomic mass is 35.5. The van der Waals surface area contributed by atoms with E-state index in [-0.39, 0.29) is 11.8 Å². The molecule has 0 saturated carbocycles. The van der Waals surface area contributed by atoms with E-state index in [9.17, 15) is 4.79 Å². The molecule has 0 bridgehead atoms. The average Bonchev–Trinajstić information content (AvgIpc) is 3.50. The predicted molar refractivity (Wildman–Crippen MR) is 152 cm³/mol. The molecule has 3 heterocycles. The standard InChI is InChI=1S/C28H34ClN7O5/c1-28(2,3)15-23-31-32-27-21(11-12-35-33-22(30-34-35)14-24(37)38)41-25(17-7-6-8-20(39-4)26(17)40-5)18-13-16(29)9-10-19(18)36(23)27/h6-10,13,21,25,34H,11-12,14-15H2,1-5H3,(H,30,33)(H,37,38)/t21-,25-/m0/s1. The molecule has 0 aliphatic carbocycles. The SMILES string of the molecule is COc1cccc([C@@H]2O[C@@H](CCN3NN=C(CC(=O)O)N3)c3nnc(CC(C)(C)C)n3-c3ccc(Cl)cc32)c1OC. The Balaban J connectivity index is 1.59. The number of carbonyl (C=O) groups is 1. The highest BCUT2D eigenvalue weighted by Crippen LogP contribution is 2.46. The summed E-state index contributed by atoms with van der Waals surface area (Å²) in [6, 6.07) is 11.4. The number of methoxy groups -OCH3 is 2. The zero-order chi connectivity index (χ0) is 29.3. The first-order chi connectivity index (χ1) is 19.6. The van der Waals surface area contributed by atoms with Gasteiger partial charge in [0.2, 0.25) is 0 Å². The molecule has 2 atom stereocenters. The van der Waals surface area contributed by atoms with Crippen LogP contribution in [0.25, 0.3) is 5.69 Å². The maximum Gasteiger partial charge on any atom is 0.311 e. The second kappa shape index (κ2) is 11.6. The van der Waals surface area contributed by atoms with Gasteiger partial charge < -0.3 is 19.3 Å². The molecule has 2 aliphatic heterocycles. The molecule has 5 rings (SSSR count). The summed E-state index contributed by atoms with van der Waals surface area (Å²) in [5, 5.41) is 24.6. The number of amidine groups is 1. The molecule has 0 saturated heterocycles. The molecule has 3 aromatic rings. The normalized spacial score (nSPS) is 18.4. The molecular weight excluding hydrogens is 550 g/mol. The zero-order valence-corrected chi connectivity index (χ0v) is 24.4. The molecule has 2 aromatic carbocycles. The maximum absolute atomic E-state index is 11.1. The Kier molecular flexibility index (Phi) is 8.07. The van der Waals surface area contributed by atoms with Crippen molar-refractivity contribution in [3.8, 4) is 17.2 Å². The number of nitrogens with one attached hydrogen (secondary N) is 2. The fraction of sp³-hybridized carbons (Fsp3) is 0.429. The number of hydrazine groups is 2. The molecule has 0 spiro atoms. The summed E-state index contributed by atoms with van der Waals surface area (Å²) >= 11 is 6.57. The molecule has 41 heavy (non-hydrogen) atoms.